The van der Waals surface area contributed by atoms with Gasteiger partial charge >= 0.3 is 12.1 Å². The van der Waals surface area contributed by atoms with E-state index in [2.05, 4.69) is 15.5 Å². The minimum absolute atomic E-state index is 0.146. The van der Waals surface area contributed by atoms with Gasteiger partial charge in [0, 0.05) is 38.4 Å². The van der Waals surface area contributed by atoms with Crippen LogP contribution in [0.25, 0.3) is 0 Å². The molecule has 11 nitrogen and oxygen atoms in total. The first kappa shape index (κ1) is 26.6. The van der Waals surface area contributed by atoms with Gasteiger partial charge in [-0.1, -0.05) is 0 Å². The van der Waals surface area contributed by atoms with E-state index >= 15 is 0 Å². The molecule has 11 heteroatoms. The number of benzene rings is 1. The van der Waals surface area contributed by atoms with Gasteiger partial charge in [0.05, 0.1) is 18.2 Å². The summed E-state index contributed by atoms with van der Waals surface area (Å²) in [6.45, 7) is 3.93. The molecule has 2 unspecified atom stereocenters. The predicted octanol–water partition coefficient (Wildman–Crippen LogP) is 2.02. The van der Waals surface area contributed by atoms with Crippen LogP contribution < -0.4 is 10.6 Å². The maximum absolute atomic E-state index is 12.9. The lowest BCUT2D eigenvalue weighted by Gasteiger charge is -2.39. The summed E-state index contributed by atoms with van der Waals surface area (Å²) in [7, 11) is 0. The number of carbonyl (C=O) groups is 4. The van der Waals surface area contributed by atoms with E-state index in [1.165, 1.54) is 31.2 Å². The van der Waals surface area contributed by atoms with E-state index in [1.54, 1.807) is 11.8 Å². The van der Waals surface area contributed by atoms with Crippen LogP contribution in [-0.4, -0.2) is 60.7 Å². The van der Waals surface area contributed by atoms with E-state index in [0.717, 1.165) is 0 Å². The maximum Gasteiger partial charge on any atom is 0.407 e. The molecule has 0 aliphatic carbocycles. The molecule has 1 saturated heterocycles. The third-order valence-electron chi connectivity index (χ3n) is 5.11. The van der Waals surface area contributed by atoms with Crippen LogP contribution in [0, 0.1) is 11.3 Å². The van der Waals surface area contributed by atoms with Gasteiger partial charge in [-0.15, -0.1) is 0 Å². The second-order valence-corrected chi connectivity index (χ2v) is 7.69. The van der Waals surface area contributed by atoms with Gasteiger partial charge in [-0.25, -0.2) is 9.59 Å². The number of alkyl carbamates (subject to hydrolysis) is 1. The van der Waals surface area contributed by atoms with Crippen molar-refractivity contribution < 1.29 is 33.7 Å². The molecule has 1 aliphatic heterocycles. The number of likely N-dealkylation sites (tertiary alicyclic amines) is 1. The van der Waals surface area contributed by atoms with Crippen molar-refractivity contribution >= 4 is 23.9 Å². The molecule has 1 fully saturated rings. The molecule has 2 atom stereocenters. The third kappa shape index (κ3) is 8.71. The smallest absolute Gasteiger partial charge is 0.407 e. The van der Waals surface area contributed by atoms with E-state index in [-0.39, 0.29) is 25.4 Å². The first-order valence-electron chi connectivity index (χ1n) is 11.2. The van der Waals surface area contributed by atoms with Crippen LogP contribution in [0.3, 0.4) is 0 Å². The van der Waals surface area contributed by atoms with Gasteiger partial charge in [-0.2, -0.15) is 10.1 Å². The van der Waals surface area contributed by atoms with Crippen molar-refractivity contribution in [2.24, 2.45) is 0 Å². The summed E-state index contributed by atoms with van der Waals surface area (Å²) in [4.78, 5) is 59.4. The molecule has 1 aliphatic rings. The lowest BCUT2D eigenvalue weighted by molar-refractivity contribution is -0.303. The monoisotopic (exact) mass is 474 g/mol. The molecule has 1 aromatic rings. The number of hydrogen-bond acceptors (Lipinski definition) is 8. The van der Waals surface area contributed by atoms with Gasteiger partial charge in [-0.3, -0.25) is 14.5 Å². The lowest BCUT2D eigenvalue weighted by Crippen LogP contribution is -2.56. The van der Waals surface area contributed by atoms with Crippen LogP contribution in [0.15, 0.2) is 24.3 Å². The Labute approximate surface area is 198 Å². The van der Waals surface area contributed by atoms with Crippen molar-refractivity contribution in [3.63, 3.8) is 0 Å². The quantitative estimate of drug-likeness (QED) is 0.297. The molecule has 0 saturated carbocycles. The second-order valence-electron chi connectivity index (χ2n) is 7.69. The summed E-state index contributed by atoms with van der Waals surface area (Å²) >= 11 is 0. The van der Waals surface area contributed by atoms with Crippen LogP contribution in [0.4, 0.5) is 4.79 Å². The zero-order valence-corrected chi connectivity index (χ0v) is 19.4. The number of ether oxygens (including phenoxy) is 1. The van der Waals surface area contributed by atoms with Crippen molar-refractivity contribution in [3.05, 3.63) is 35.4 Å². The molecular formula is C23H30N4O7. The summed E-state index contributed by atoms with van der Waals surface area (Å²) in [6, 6.07) is 8.14. The Morgan fingerprint density at radius 1 is 1.18 bits per heavy atom. The van der Waals surface area contributed by atoms with Crippen LogP contribution in [0.1, 0.15) is 61.9 Å². The van der Waals surface area contributed by atoms with Crippen LogP contribution in [0.5, 0.6) is 0 Å². The summed E-state index contributed by atoms with van der Waals surface area (Å²) in [6.07, 6.45) is 0.427. The standard InChI is InChI=1S/C23H30N4O7/c1-3-32-23(31)25-12-5-4-6-21(29)27-13-11-19(34-33-16(2)28)14-20(27)26-22(30)18-9-7-17(15-24)8-10-18/h7-10,19-20H,3-6,11-14H2,1-2H3,(H,25,31)(H,26,30). The highest BCUT2D eigenvalue weighted by atomic mass is 17.2. The molecule has 0 aromatic heterocycles. The largest absolute Gasteiger partial charge is 0.450 e. The zero-order chi connectivity index (χ0) is 24.9. The normalized spacial score (nSPS) is 17.3. The molecule has 1 heterocycles. The first-order chi connectivity index (χ1) is 16.3. The van der Waals surface area contributed by atoms with Gasteiger partial charge in [0.2, 0.25) is 5.91 Å². The molecule has 0 spiro atoms. The molecular weight excluding hydrogens is 444 g/mol. The SMILES string of the molecule is CCOC(=O)NCCCCC(=O)N1CCC(OOC(C)=O)CC1NC(=O)c1ccc(C#N)cc1. The van der Waals surface area contributed by atoms with Crippen LogP contribution in [0.2, 0.25) is 0 Å². The fourth-order valence-electron chi connectivity index (χ4n) is 3.44. The Kier molecular flexibility index (Phi) is 10.8. The number of hydrogen-bond donors (Lipinski definition) is 2. The molecule has 3 amide bonds. The summed E-state index contributed by atoms with van der Waals surface area (Å²) in [5, 5.41) is 14.4. The zero-order valence-electron chi connectivity index (χ0n) is 19.4. The Morgan fingerprint density at radius 3 is 2.56 bits per heavy atom. The van der Waals surface area contributed by atoms with E-state index in [1.807, 2.05) is 6.07 Å². The Bertz CT molecular complexity index is 898. The van der Waals surface area contributed by atoms with Gasteiger partial charge in [-0.05, 0) is 50.5 Å². The summed E-state index contributed by atoms with van der Waals surface area (Å²) in [5.41, 5.74) is 0.776. The van der Waals surface area contributed by atoms with Gasteiger partial charge in [0.25, 0.3) is 5.91 Å². The minimum atomic E-state index is -0.664. The number of nitrogens with zero attached hydrogens (tertiary/aromatic N) is 2. The topological polar surface area (TPSA) is 147 Å². The highest BCUT2D eigenvalue weighted by Crippen LogP contribution is 2.21. The average molecular weight is 475 g/mol. The maximum atomic E-state index is 12.9. The van der Waals surface area contributed by atoms with E-state index < -0.39 is 30.2 Å². The Balaban J connectivity index is 1.96. The number of rotatable bonds is 10. The minimum Gasteiger partial charge on any atom is -0.450 e. The molecule has 184 valence electrons. The molecule has 0 radical (unpaired) electrons. The predicted molar refractivity (Wildman–Crippen MR) is 119 cm³/mol. The van der Waals surface area contributed by atoms with Crippen LogP contribution in [-0.2, 0) is 24.1 Å². The second kappa shape index (κ2) is 13.8. The van der Waals surface area contributed by atoms with Gasteiger partial charge in [0.15, 0.2) is 0 Å². The van der Waals surface area contributed by atoms with Gasteiger partial charge < -0.3 is 20.3 Å². The van der Waals surface area contributed by atoms with Crippen LogP contribution >= 0.6 is 0 Å². The van der Waals surface area contributed by atoms with E-state index in [0.29, 0.717) is 43.5 Å². The number of piperidine rings is 1. The fourth-order valence-corrected chi connectivity index (χ4v) is 3.44. The van der Waals surface area contributed by atoms with Crippen molar-refractivity contribution in [1.82, 2.24) is 15.5 Å². The van der Waals surface area contributed by atoms with E-state index in [9.17, 15) is 19.2 Å². The summed E-state index contributed by atoms with van der Waals surface area (Å²) in [5.74, 6) is -1.14. The van der Waals surface area contributed by atoms with Gasteiger partial charge in [0.1, 0.15) is 12.3 Å². The Morgan fingerprint density at radius 2 is 1.91 bits per heavy atom. The number of unbranched alkanes of at least 4 members (excludes halogenated alkanes) is 1. The number of nitriles is 1. The third-order valence-corrected chi connectivity index (χ3v) is 5.11. The fraction of sp³-hybridized carbons (Fsp3) is 0.522. The molecule has 0 bridgehead atoms. The highest BCUT2D eigenvalue weighted by Gasteiger charge is 2.34. The lowest BCUT2D eigenvalue weighted by atomic mass is 10.0. The molecule has 2 N–H and O–H groups in total. The average Bonchev–Trinajstić information content (AvgIpc) is 2.82. The molecule has 2 rings (SSSR count). The molecule has 1 aromatic carbocycles. The van der Waals surface area contributed by atoms with Crippen molar-refractivity contribution in [3.8, 4) is 6.07 Å². The summed E-state index contributed by atoms with van der Waals surface area (Å²) < 4.78 is 4.79. The van der Waals surface area contributed by atoms with Crippen molar-refractivity contribution in [2.75, 3.05) is 19.7 Å². The number of nitrogens with one attached hydrogen (secondary N) is 2. The van der Waals surface area contributed by atoms with E-state index in [4.69, 9.17) is 14.9 Å². The van der Waals surface area contributed by atoms with Crippen molar-refractivity contribution in [2.45, 2.75) is 58.2 Å². The number of amides is 3. The first-order valence-corrected chi connectivity index (χ1v) is 11.2. The molecule has 34 heavy (non-hydrogen) atoms. The Hall–Kier alpha value is -3.65. The number of carbonyl (C=O) groups excluding carboxylic acids is 4. The van der Waals surface area contributed by atoms with Crippen molar-refractivity contribution in [1.29, 1.82) is 5.26 Å². The highest BCUT2D eigenvalue weighted by molar-refractivity contribution is 5.94.